The number of aryl methyl sites for hydroxylation is 1. The van der Waals surface area contributed by atoms with Crippen LogP contribution in [0.2, 0.25) is 0 Å². The van der Waals surface area contributed by atoms with Gasteiger partial charge in [0.15, 0.2) is 0 Å². The lowest BCUT2D eigenvalue weighted by Gasteiger charge is -2.19. The van der Waals surface area contributed by atoms with E-state index in [0.717, 1.165) is 25.1 Å². The van der Waals surface area contributed by atoms with E-state index in [-0.39, 0.29) is 5.69 Å². The molecular weight excluding hydrogens is 228 g/mol. The Morgan fingerprint density at radius 3 is 2.78 bits per heavy atom. The SMILES string of the molecule is CCCN(CC)c1nc(=O)n2cccc(C)c2n1. The molecule has 0 radical (unpaired) electrons. The second-order valence-electron chi connectivity index (χ2n) is 4.27. The molecule has 0 aromatic carbocycles. The lowest BCUT2D eigenvalue weighted by Crippen LogP contribution is -2.30. The summed E-state index contributed by atoms with van der Waals surface area (Å²) in [5.74, 6) is 0.527. The Labute approximate surface area is 106 Å². The van der Waals surface area contributed by atoms with Crippen molar-refractivity contribution in [3.63, 3.8) is 0 Å². The van der Waals surface area contributed by atoms with Gasteiger partial charge < -0.3 is 4.90 Å². The number of hydrogen-bond acceptors (Lipinski definition) is 4. The van der Waals surface area contributed by atoms with Crippen LogP contribution in [-0.4, -0.2) is 27.5 Å². The molecule has 0 saturated heterocycles. The van der Waals surface area contributed by atoms with Crippen molar-refractivity contribution in [1.82, 2.24) is 14.4 Å². The fourth-order valence-electron chi connectivity index (χ4n) is 1.97. The standard InChI is InChI=1S/C13H18N4O/c1-4-8-16(5-2)12-14-11-10(3)7-6-9-17(11)13(18)15-12/h6-7,9H,4-5,8H2,1-3H3. The third-order valence-electron chi connectivity index (χ3n) is 2.93. The van der Waals surface area contributed by atoms with Gasteiger partial charge in [-0.3, -0.25) is 4.40 Å². The quantitative estimate of drug-likeness (QED) is 0.823. The molecule has 0 spiro atoms. The van der Waals surface area contributed by atoms with Crippen LogP contribution in [0.1, 0.15) is 25.8 Å². The summed E-state index contributed by atoms with van der Waals surface area (Å²) in [5, 5.41) is 0. The highest BCUT2D eigenvalue weighted by atomic mass is 16.1. The first-order valence-corrected chi connectivity index (χ1v) is 6.28. The second-order valence-corrected chi connectivity index (χ2v) is 4.27. The monoisotopic (exact) mass is 246 g/mol. The van der Waals surface area contributed by atoms with Gasteiger partial charge in [0.2, 0.25) is 5.95 Å². The molecule has 18 heavy (non-hydrogen) atoms. The molecule has 2 heterocycles. The zero-order chi connectivity index (χ0) is 13.1. The molecule has 0 N–H and O–H groups in total. The number of nitrogens with zero attached hydrogens (tertiary/aromatic N) is 4. The maximum Gasteiger partial charge on any atom is 0.356 e. The number of aromatic nitrogens is 3. The third-order valence-corrected chi connectivity index (χ3v) is 2.93. The summed E-state index contributed by atoms with van der Waals surface area (Å²) in [6.45, 7) is 7.75. The normalized spacial score (nSPS) is 10.8. The van der Waals surface area contributed by atoms with Crippen LogP contribution >= 0.6 is 0 Å². The van der Waals surface area contributed by atoms with Gasteiger partial charge in [-0.1, -0.05) is 13.0 Å². The van der Waals surface area contributed by atoms with Crippen molar-refractivity contribution < 1.29 is 0 Å². The minimum Gasteiger partial charge on any atom is -0.341 e. The van der Waals surface area contributed by atoms with Crippen molar-refractivity contribution in [3.8, 4) is 0 Å². The van der Waals surface area contributed by atoms with Gasteiger partial charge in [-0.05, 0) is 31.9 Å². The van der Waals surface area contributed by atoms with E-state index in [0.29, 0.717) is 11.6 Å². The average Bonchev–Trinajstić information content (AvgIpc) is 2.37. The number of hydrogen-bond donors (Lipinski definition) is 0. The van der Waals surface area contributed by atoms with E-state index in [2.05, 4.69) is 16.9 Å². The molecule has 0 atom stereocenters. The van der Waals surface area contributed by atoms with Crippen molar-refractivity contribution in [2.45, 2.75) is 27.2 Å². The highest BCUT2D eigenvalue weighted by Crippen LogP contribution is 2.10. The predicted molar refractivity (Wildman–Crippen MR) is 72.2 cm³/mol. The molecule has 0 saturated carbocycles. The lowest BCUT2D eigenvalue weighted by atomic mass is 10.3. The van der Waals surface area contributed by atoms with Gasteiger partial charge in [0.1, 0.15) is 5.65 Å². The Hall–Kier alpha value is -1.91. The summed E-state index contributed by atoms with van der Waals surface area (Å²) in [6.07, 6.45) is 2.70. The molecule has 2 aromatic rings. The average molecular weight is 246 g/mol. The summed E-state index contributed by atoms with van der Waals surface area (Å²) < 4.78 is 1.48. The maximum absolute atomic E-state index is 12.0. The van der Waals surface area contributed by atoms with Gasteiger partial charge in [-0.25, -0.2) is 4.79 Å². The molecule has 0 aliphatic carbocycles. The third kappa shape index (κ3) is 2.20. The summed E-state index contributed by atoms with van der Waals surface area (Å²) in [7, 11) is 0. The van der Waals surface area contributed by atoms with Crippen LogP contribution in [0.5, 0.6) is 0 Å². The molecule has 2 aromatic heterocycles. The topological polar surface area (TPSA) is 50.5 Å². The lowest BCUT2D eigenvalue weighted by molar-refractivity contribution is 0.750. The molecule has 0 amide bonds. The van der Waals surface area contributed by atoms with Crippen molar-refractivity contribution in [3.05, 3.63) is 34.4 Å². The molecule has 0 fully saturated rings. The van der Waals surface area contributed by atoms with E-state index in [1.165, 1.54) is 4.40 Å². The van der Waals surface area contributed by atoms with E-state index >= 15 is 0 Å². The number of anilines is 1. The first kappa shape index (κ1) is 12.5. The Balaban J connectivity index is 2.60. The number of fused-ring (bicyclic) bond motifs is 1. The first-order chi connectivity index (χ1) is 8.67. The molecule has 0 bridgehead atoms. The van der Waals surface area contributed by atoms with Gasteiger partial charge in [-0.15, -0.1) is 0 Å². The van der Waals surface area contributed by atoms with Crippen LogP contribution in [0, 0.1) is 6.92 Å². The number of rotatable bonds is 4. The van der Waals surface area contributed by atoms with Crippen LogP contribution in [0.25, 0.3) is 5.65 Å². The molecule has 0 unspecified atom stereocenters. The largest absolute Gasteiger partial charge is 0.356 e. The van der Waals surface area contributed by atoms with Crippen molar-refractivity contribution in [2.24, 2.45) is 0 Å². The van der Waals surface area contributed by atoms with Gasteiger partial charge in [-0.2, -0.15) is 9.97 Å². The highest BCUT2D eigenvalue weighted by molar-refractivity contribution is 5.49. The molecule has 2 rings (SSSR count). The smallest absolute Gasteiger partial charge is 0.341 e. The van der Waals surface area contributed by atoms with Crippen LogP contribution in [-0.2, 0) is 0 Å². The maximum atomic E-state index is 12.0. The first-order valence-electron chi connectivity index (χ1n) is 6.28. The zero-order valence-corrected chi connectivity index (χ0v) is 11.1. The Morgan fingerprint density at radius 1 is 1.33 bits per heavy atom. The minimum absolute atomic E-state index is 0.270. The van der Waals surface area contributed by atoms with Crippen LogP contribution in [0.15, 0.2) is 23.1 Å². The van der Waals surface area contributed by atoms with Crippen molar-refractivity contribution in [2.75, 3.05) is 18.0 Å². The second kappa shape index (κ2) is 5.16. The molecule has 0 aliphatic rings. The van der Waals surface area contributed by atoms with E-state index in [1.807, 2.05) is 30.9 Å². The Bertz CT molecular complexity index is 605. The Morgan fingerprint density at radius 2 is 2.11 bits per heavy atom. The highest BCUT2D eigenvalue weighted by Gasteiger charge is 2.10. The summed E-state index contributed by atoms with van der Waals surface area (Å²) in [4.78, 5) is 22.5. The fraction of sp³-hybridized carbons (Fsp3) is 0.462. The van der Waals surface area contributed by atoms with E-state index in [4.69, 9.17) is 0 Å². The van der Waals surface area contributed by atoms with Crippen molar-refractivity contribution in [1.29, 1.82) is 0 Å². The van der Waals surface area contributed by atoms with E-state index < -0.39 is 0 Å². The van der Waals surface area contributed by atoms with Crippen molar-refractivity contribution >= 4 is 11.6 Å². The minimum atomic E-state index is -0.270. The molecular formula is C13H18N4O. The fourth-order valence-corrected chi connectivity index (χ4v) is 1.97. The van der Waals surface area contributed by atoms with Crippen LogP contribution in [0.3, 0.4) is 0 Å². The zero-order valence-electron chi connectivity index (χ0n) is 11.1. The molecule has 5 heteroatoms. The molecule has 0 aliphatic heterocycles. The van der Waals surface area contributed by atoms with E-state index in [9.17, 15) is 4.79 Å². The van der Waals surface area contributed by atoms with Gasteiger partial charge in [0.05, 0.1) is 0 Å². The Kier molecular flexibility index (Phi) is 3.60. The number of pyridine rings is 1. The van der Waals surface area contributed by atoms with Crippen LogP contribution < -0.4 is 10.6 Å². The summed E-state index contributed by atoms with van der Waals surface area (Å²) >= 11 is 0. The van der Waals surface area contributed by atoms with Gasteiger partial charge >= 0.3 is 5.69 Å². The molecule has 96 valence electrons. The molecule has 5 nitrogen and oxygen atoms in total. The summed E-state index contributed by atoms with van der Waals surface area (Å²) in [6, 6.07) is 3.78. The van der Waals surface area contributed by atoms with Crippen LogP contribution in [0.4, 0.5) is 5.95 Å². The predicted octanol–water partition coefficient (Wildman–Crippen LogP) is 1.63. The van der Waals surface area contributed by atoms with Gasteiger partial charge in [0, 0.05) is 19.3 Å². The van der Waals surface area contributed by atoms with E-state index in [1.54, 1.807) is 6.20 Å². The van der Waals surface area contributed by atoms with Gasteiger partial charge in [0.25, 0.3) is 0 Å². The summed E-state index contributed by atoms with van der Waals surface area (Å²) in [5.41, 5.74) is 1.39.